The van der Waals surface area contributed by atoms with Crippen LogP contribution >= 0.6 is 0 Å². The normalized spacial score (nSPS) is 12.8. The van der Waals surface area contributed by atoms with Crippen LogP contribution in [0.3, 0.4) is 0 Å². The van der Waals surface area contributed by atoms with E-state index in [1.165, 1.54) is 5.56 Å². The van der Waals surface area contributed by atoms with Crippen LogP contribution in [-0.2, 0) is 6.42 Å². The van der Waals surface area contributed by atoms with Gasteiger partial charge in [-0.1, -0.05) is 60.7 Å². The van der Waals surface area contributed by atoms with Crippen LogP contribution in [0.1, 0.15) is 11.1 Å². The quantitative estimate of drug-likeness (QED) is 0.660. The molecule has 1 aromatic heterocycles. The van der Waals surface area contributed by atoms with Crippen LogP contribution in [0.4, 0.5) is 11.5 Å². The highest BCUT2D eigenvalue weighted by Crippen LogP contribution is 2.30. The predicted molar refractivity (Wildman–Crippen MR) is 103 cm³/mol. The molecule has 0 spiro atoms. The molecule has 3 aromatic rings. The van der Waals surface area contributed by atoms with E-state index in [0.29, 0.717) is 0 Å². The molecule has 1 aliphatic heterocycles. The Kier molecular flexibility index (Phi) is 4.33. The predicted octanol–water partition coefficient (Wildman–Crippen LogP) is 4.08. The largest absolute Gasteiger partial charge is 0.370 e. The number of nitrogens with one attached hydrogen (secondary N) is 3. The van der Waals surface area contributed by atoms with Crippen LogP contribution in [0, 0.1) is 0 Å². The number of pyridine rings is 1. The molecule has 124 valence electrons. The Morgan fingerprint density at radius 3 is 2.36 bits per heavy atom. The molecule has 1 aliphatic rings. The maximum absolute atomic E-state index is 4.42. The fourth-order valence-electron chi connectivity index (χ4n) is 2.91. The third-order valence-corrected chi connectivity index (χ3v) is 4.18. The van der Waals surface area contributed by atoms with E-state index >= 15 is 0 Å². The van der Waals surface area contributed by atoms with E-state index in [9.17, 15) is 0 Å². The summed E-state index contributed by atoms with van der Waals surface area (Å²) < 4.78 is 0. The molecule has 0 fully saturated rings. The molecule has 0 radical (unpaired) electrons. The third kappa shape index (κ3) is 3.48. The number of fused-ring (bicyclic) bond motifs is 1. The molecule has 0 aliphatic carbocycles. The van der Waals surface area contributed by atoms with Crippen LogP contribution in [0.15, 0.2) is 84.8 Å². The summed E-state index contributed by atoms with van der Waals surface area (Å²) in [6, 6.07) is 24.8. The standard InChI is InChI=1S/C21H20N4/c1-3-8-16(9-4-1)13-15-23-21-19(17-10-5-2-6-11-17)24-18-12-7-14-22-20(18)25-21/h1-12,14,23-24H,13,15H2,(H,22,25). The lowest BCUT2D eigenvalue weighted by molar-refractivity contribution is 0.790. The summed E-state index contributed by atoms with van der Waals surface area (Å²) in [4.78, 5) is 4.42. The first-order chi connectivity index (χ1) is 12.4. The fourth-order valence-corrected chi connectivity index (χ4v) is 2.91. The van der Waals surface area contributed by atoms with Gasteiger partial charge in [0.25, 0.3) is 0 Å². The Bertz CT molecular complexity index is 873. The second kappa shape index (κ2) is 7.09. The van der Waals surface area contributed by atoms with Crippen molar-refractivity contribution in [3.05, 3.63) is 95.9 Å². The highest BCUT2D eigenvalue weighted by molar-refractivity contribution is 5.88. The second-order valence-electron chi connectivity index (χ2n) is 5.93. The molecule has 3 N–H and O–H groups in total. The minimum atomic E-state index is 0.837. The van der Waals surface area contributed by atoms with Gasteiger partial charge in [0.15, 0.2) is 5.82 Å². The third-order valence-electron chi connectivity index (χ3n) is 4.18. The van der Waals surface area contributed by atoms with Gasteiger partial charge in [-0.05, 0) is 24.1 Å². The SMILES string of the molecule is c1ccc(CCNC2=C(c3ccccc3)Nc3cccnc3N2)cc1. The topological polar surface area (TPSA) is 49.0 Å². The van der Waals surface area contributed by atoms with Gasteiger partial charge >= 0.3 is 0 Å². The minimum absolute atomic E-state index is 0.837. The van der Waals surface area contributed by atoms with E-state index in [1.54, 1.807) is 6.20 Å². The van der Waals surface area contributed by atoms with Crippen molar-refractivity contribution in [2.45, 2.75) is 6.42 Å². The molecule has 0 bridgehead atoms. The van der Waals surface area contributed by atoms with Crippen LogP contribution < -0.4 is 16.0 Å². The van der Waals surface area contributed by atoms with E-state index in [1.807, 2.05) is 36.4 Å². The van der Waals surface area contributed by atoms with E-state index in [2.05, 4.69) is 57.3 Å². The summed E-state index contributed by atoms with van der Waals surface area (Å²) in [5, 5.41) is 10.5. The van der Waals surface area contributed by atoms with Crippen molar-refractivity contribution in [3.8, 4) is 0 Å². The zero-order valence-corrected chi connectivity index (χ0v) is 13.9. The number of benzene rings is 2. The fraction of sp³-hybridized carbons (Fsp3) is 0.0952. The molecule has 25 heavy (non-hydrogen) atoms. The smallest absolute Gasteiger partial charge is 0.155 e. The van der Waals surface area contributed by atoms with Gasteiger partial charge in [0.1, 0.15) is 5.82 Å². The van der Waals surface area contributed by atoms with Gasteiger partial charge in [-0.25, -0.2) is 4.98 Å². The number of anilines is 2. The van der Waals surface area contributed by atoms with E-state index in [0.717, 1.165) is 41.6 Å². The van der Waals surface area contributed by atoms with E-state index in [4.69, 9.17) is 0 Å². The molecule has 0 amide bonds. The molecule has 0 saturated heterocycles. The Morgan fingerprint density at radius 1 is 0.800 bits per heavy atom. The number of aromatic nitrogens is 1. The van der Waals surface area contributed by atoms with Crippen LogP contribution in [0.25, 0.3) is 5.70 Å². The zero-order valence-electron chi connectivity index (χ0n) is 13.9. The molecular weight excluding hydrogens is 308 g/mol. The van der Waals surface area contributed by atoms with Crippen molar-refractivity contribution in [1.29, 1.82) is 0 Å². The van der Waals surface area contributed by atoms with Crippen LogP contribution in [-0.4, -0.2) is 11.5 Å². The van der Waals surface area contributed by atoms with E-state index in [-0.39, 0.29) is 0 Å². The maximum atomic E-state index is 4.42. The highest BCUT2D eigenvalue weighted by Gasteiger charge is 2.18. The Hall–Kier alpha value is -3.27. The first-order valence-electron chi connectivity index (χ1n) is 8.47. The van der Waals surface area contributed by atoms with Crippen molar-refractivity contribution in [1.82, 2.24) is 10.3 Å². The highest BCUT2D eigenvalue weighted by atomic mass is 15.2. The van der Waals surface area contributed by atoms with Gasteiger partial charge in [-0.3, -0.25) is 0 Å². The van der Waals surface area contributed by atoms with Crippen molar-refractivity contribution >= 4 is 17.2 Å². The van der Waals surface area contributed by atoms with Gasteiger partial charge < -0.3 is 16.0 Å². The van der Waals surface area contributed by atoms with Gasteiger partial charge in [0.05, 0.1) is 11.4 Å². The lowest BCUT2D eigenvalue weighted by Crippen LogP contribution is -2.29. The first kappa shape index (κ1) is 15.3. The molecular formula is C21H20N4. The van der Waals surface area contributed by atoms with Crippen LogP contribution in [0.2, 0.25) is 0 Å². The molecule has 0 unspecified atom stereocenters. The molecule has 0 saturated carbocycles. The summed E-state index contributed by atoms with van der Waals surface area (Å²) in [6.07, 6.45) is 2.76. The molecule has 4 heteroatoms. The number of rotatable bonds is 5. The zero-order chi connectivity index (χ0) is 16.9. The average Bonchev–Trinajstić information content (AvgIpc) is 2.69. The summed E-state index contributed by atoms with van der Waals surface area (Å²) in [6.45, 7) is 0.840. The Balaban J connectivity index is 1.57. The summed E-state index contributed by atoms with van der Waals surface area (Å²) in [5.41, 5.74) is 4.47. The monoisotopic (exact) mass is 328 g/mol. The van der Waals surface area contributed by atoms with Gasteiger partial charge in [0, 0.05) is 18.3 Å². The lowest BCUT2D eigenvalue weighted by atomic mass is 10.1. The van der Waals surface area contributed by atoms with E-state index < -0.39 is 0 Å². The van der Waals surface area contributed by atoms with Crippen molar-refractivity contribution < 1.29 is 0 Å². The summed E-state index contributed by atoms with van der Waals surface area (Å²) in [5.74, 6) is 1.79. The average molecular weight is 328 g/mol. The minimum Gasteiger partial charge on any atom is -0.370 e. The van der Waals surface area contributed by atoms with Crippen LogP contribution in [0.5, 0.6) is 0 Å². The lowest BCUT2D eigenvalue weighted by Gasteiger charge is -2.26. The van der Waals surface area contributed by atoms with Crippen molar-refractivity contribution in [3.63, 3.8) is 0 Å². The molecule has 2 aromatic carbocycles. The molecule has 4 rings (SSSR count). The Morgan fingerprint density at radius 2 is 1.56 bits per heavy atom. The molecule has 4 nitrogen and oxygen atoms in total. The van der Waals surface area contributed by atoms with Crippen molar-refractivity contribution in [2.75, 3.05) is 17.2 Å². The molecule has 2 heterocycles. The summed E-state index contributed by atoms with van der Waals surface area (Å²) >= 11 is 0. The van der Waals surface area contributed by atoms with Gasteiger partial charge in [-0.2, -0.15) is 0 Å². The van der Waals surface area contributed by atoms with Gasteiger partial charge in [-0.15, -0.1) is 0 Å². The number of nitrogens with zero attached hydrogens (tertiary/aromatic N) is 1. The number of hydrogen-bond acceptors (Lipinski definition) is 4. The summed E-state index contributed by atoms with van der Waals surface area (Å²) in [7, 11) is 0. The molecule has 0 atom stereocenters. The first-order valence-corrected chi connectivity index (χ1v) is 8.47. The Labute approximate surface area is 147 Å². The number of hydrogen-bond donors (Lipinski definition) is 3. The maximum Gasteiger partial charge on any atom is 0.155 e. The second-order valence-corrected chi connectivity index (χ2v) is 5.93. The van der Waals surface area contributed by atoms with Gasteiger partial charge in [0.2, 0.25) is 0 Å². The van der Waals surface area contributed by atoms with Crippen molar-refractivity contribution in [2.24, 2.45) is 0 Å².